The molecule has 0 spiro atoms. The Labute approximate surface area is 127 Å². The number of piperidine rings is 1. The first-order valence-corrected chi connectivity index (χ1v) is 8.01. The molecule has 3 heteroatoms. The Morgan fingerprint density at radius 1 is 1.30 bits per heavy atom. The minimum atomic E-state index is 0.0450. The van der Waals surface area contributed by atoms with Gasteiger partial charge in [-0.1, -0.05) is 38.8 Å². The van der Waals surface area contributed by atoms with Gasteiger partial charge < -0.3 is 10.1 Å². The summed E-state index contributed by atoms with van der Waals surface area (Å²) in [5.41, 5.74) is 1.23. The van der Waals surface area contributed by atoms with Gasteiger partial charge in [0.15, 0.2) is 0 Å². The molecule has 1 fully saturated rings. The van der Waals surface area contributed by atoms with Gasteiger partial charge in [0, 0.05) is 16.6 Å². The molecule has 1 aliphatic heterocycles. The van der Waals surface area contributed by atoms with Gasteiger partial charge in [0.05, 0.1) is 6.61 Å². The third-order valence-corrected chi connectivity index (χ3v) is 4.12. The van der Waals surface area contributed by atoms with Crippen molar-refractivity contribution in [1.82, 2.24) is 5.32 Å². The van der Waals surface area contributed by atoms with Crippen LogP contribution in [-0.4, -0.2) is 19.2 Å². The van der Waals surface area contributed by atoms with E-state index in [0.29, 0.717) is 6.04 Å². The maximum Gasteiger partial charge on any atom is 0.123 e. The maximum absolute atomic E-state index is 6.11. The van der Waals surface area contributed by atoms with Gasteiger partial charge in [-0.05, 0) is 49.4 Å². The largest absolute Gasteiger partial charge is 0.493 e. The van der Waals surface area contributed by atoms with Crippen LogP contribution in [0.5, 0.6) is 5.75 Å². The molecule has 0 radical (unpaired) electrons. The Bertz CT molecular complexity index is 433. The molecule has 1 aliphatic rings. The first-order chi connectivity index (χ1) is 9.47. The van der Waals surface area contributed by atoms with Gasteiger partial charge in [-0.2, -0.15) is 0 Å². The van der Waals surface area contributed by atoms with Crippen molar-refractivity contribution in [3.05, 3.63) is 28.8 Å². The molecule has 0 amide bonds. The van der Waals surface area contributed by atoms with E-state index in [-0.39, 0.29) is 5.41 Å². The summed E-state index contributed by atoms with van der Waals surface area (Å²) < 4.78 is 6.02. The number of halogens is 1. The summed E-state index contributed by atoms with van der Waals surface area (Å²) in [5, 5.41) is 4.33. The normalized spacial score (nSPS) is 19.9. The lowest BCUT2D eigenvalue weighted by Crippen LogP contribution is -2.35. The topological polar surface area (TPSA) is 21.3 Å². The van der Waals surface area contributed by atoms with Crippen LogP contribution in [0, 0.1) is 0 Å². The summed E-state index contributed by atoms with van der Waals surface area (Å²) >= 11 is 6.11. The van der Waals surface area contributed by atoms with E-state index in [1.165, 1.54) is 24.8 Å². The zero-order valence-corrected chi connectivity index (χ0v) is 13.6. The van der Waals surface area contributed by atoms with Crippen molar-refractivity contribution >= 4 is 11.6 Å². The van der Waals surface area contributed by atoms with Crippen LogP contribution in [0.3, 0.4) is 0 Å². The molecule has 1 aromatic carbocycles. The Hall–Kier alpha value is -0.730. The van der Waals surface area contributed by atoms with E-state index in [0.717, 1.165) is 30.3 Å². The predicted octanol–water partition coefficient (Wildman–Crippen LogP) is 4.55. The van der Waals surface area contributed by atoms with Crippen LogP contribution in [0.2, 0.25) is 5.02 Å². The molecule has 1 N–H and O–H groups in total. The Morgan fingerprint density at radius 2 is 2.10 bits per heavy atom. The zero-order valence-electron chi connectivity index (χ0n) is 12.8. The molecular weight excluding hydrogens is 270 g/mol. The number of nitrogens with one attached hydrogen (secondary N) is 1. The number of hydrogen-bond acceptors (Lipinski definition) is 2. The van der Waals surface area contributed by atoms with E-state index in [1.807, 2.05) is 18.2 Å². The molecule has 0 unspecified atom stereocenters. The third-order valence-electron chi connectivity index (χ3n) is 3.89. The van der Waals surface area contributed by atoms with E-state index in [2.05, 4.69) is 26.1 Å². The Balaban J connectivity index is 1.95. The van der Waals surface area contributed by atoms with Crippen molar-refractivity contribution in [3.8, 4) is 5.75 Å². The van der Waals surface area contributed by atoms with Crippen molar-refractivity contribution in [2.75, 3.05) is 13.2 Å². The van der Waals surface area contributed by atoms with Gasteiger partial charge >= 0.3 is 0 Å². The molecule has 1 aromatic rings. The molecule has 20 heavy (non-hydrogen) atoms. The summed E-state index contributed by atoms with van der Waals surface area (Å²) in [5.74, 6) is 0.970. The molecule has 1 heterocycles. The standard InChI is InChI=1S/C17H26ClNO/c1-17(2,3)15-12-13(18)7-8-16(15)20-11-9-14-6-4-5-10-19-14/h7-8,12,14,19H,4-6,9-11H2,1-3H3/t14-/m0/s1. The molecule has 0 aromatic heterocycles. The van der Waals surface area contributed by atoms with Crippen molar-refractivity contribution in [2.45, 2.75) is 57.9 Å². The van der Waals surface area contributed by atoms with E-state index in [4.69, 9.17) is 16.3 Å². The smallest absolute Gasteiger partial charge is 0.123 e. The second kappa shape index (κ2) is 6.82. The summed E-state index contributed by atoms with van der Waals surface area (Å²) in [6.45, 7) is 8.48. The highest BCUT2D eigenvalue weighted by Crippen LogP contribution is 2.33. The number of hydrogen-bond donors (Lipinski definition) is 1. The van der Waals surface area contributed by atoms with Crippen LogP contribution in [0.15, 0.2) is 18.2 Å². The second-order valence-electron chi connectivity index (χ2n) is 6.67. The fourth-order valence-corrected chi connectivity index (χ4v) is 2.87. The number of ether oxygens (including phenoxy) is 1. The summed E-state index contributed by atoms with van der Waals surface area (Å²) in [4.78, 5) is 0. The highest BCUT2D eigenvalue weighted by Gasteiger charge is 2.20. The second-order valence-corrected chi connectivity index (χ2v) is 7.11. The maximum atomic E-state index is 6.11. The van der Waals surface area contributed by atoms with E-state index in [9.17, 15) is 0 Å². The highest BCUT2D eigenvalue weighted by molar-refractivity contribution is 6.30. The van der Waals surface area contributed by atoms with Gasteiger partial charge in [-0.25, -0.2) is 0 Å². The average molecular weight is 296 g/mol. The molecule has 2 rings (SSSR count). The number of rotatable bonds is 4. The molecule has 0 bridgehead atoms. The lowest BCUT2D eigenvalue weighted by molar-refractivity contribution is 0.263. The molecule has 0 saturated carbocycles. The van der Waals surface area contributed by atoms with Gasteiger partial charge in [0.25, 0.3) is 0 Å². The molecule has 0 aliphatic carbocycles. The van der Waals surface area contributed by atoms with Crippen LogP contribution in [0.1, 0.15) is 52.0 Å². The average Bonchev–Trinajstić information content (AvgIpc) is 2.40. The van der Waals surface area contributed by atoms with Gasteiger partial charge in [0.1, 0.15) is 5.75 Å². The molecule has 1 atom stereocenters. The summed E-state index contributed by atoms with van der Waals surface area (Å²) in [7, 11) is 0. The van der Waals surface area contributed by atoms with Crippen molar-refractivity contribution in [2.24, 2.45) is 0 Å². The van der Waals surface area contributed by atoms with Gasteiger partial charge in [-0.3, -0.25) is 0 Å². The fraction of sp³-hybridized carbons (Fsp3) is 0.647. The fourth-order valence-electron chi connectivity index (χ4n) is 2.70. The van der Waals surface area contributed by atoms with Crippen LogP contribution in [-0.2, 0) is 5.41 Å². The molecule has 112 valence electrons. The van der Waals surface area contributed by atoms with Crippen LogP contribution >= 0.6 is 11.6 Å². The molecule has 2 nitrogen and oxygen atoms in total. The predicted molar refractivity (Wildman–Crippen MR) is 85.9 cm³/mol. The molecular formula is C17H26ClNO. The van der Waals surface area contributed by atoms with Crippen molar-refractivity contribution in [3.63, 3.8) is 0 Å². The monoisotopic (exact) mass is 295 g/mol. The van der Waals surface area contributed by atoms with Gasteiger partial charge in [-0.15, -0.1) is 0 Å². The quantitative estimate of drug-likeness (QED) is 0.880. The van der Waals surface area contributed by atoms with Crippen LogP contribution in [0.4, 0.5) is 0 Å². The first-order valence-electron chi connectivity index (χ1n) is 7.63. The third kappa shape index (κ3) is 4.39. The van der Waals surface area contributed by atoms with Crippen molar-refractivity contribution < 1.29 is 4.74 Å². The minimum absolute atomic E-state index is 0.0450. The Morgan fingerprint density at radius 3 is 2.75 bits per heavy atom. The minimum Gasteiger partial charge on any atom is -0.493 e. The lowest BCUT2D eigenvalue weighted by atomic mass is 9.86. The molecule has 1 saturated heterocycles. The van der Waals surface area contributed by atoms with Crippen LogP contribution in [0.25, 0.3) is 0 Å². The van der Waals surface area contributed by atoms with Crippen molar-refractivity contribution in [1.29, 1.82) is 0 Å². The Kier molecular flexibility index (Phi) is 5.34. The van der Waals surface area contributed by atoms with Gasteiger partial charge in [0.2, 0.25) is 0 Å². The number of benzene rings is 1. The SMILES string of the molecule is CC(C)(C)c1cc(Cl)ccc1OCC[C@@H]1CCCCN1. The van der Waals surface area contributed by atoms with E-state index >= 15 is 0 Å². The van der Waals surface area contributed by atoms with E-state index < -0.39 is 0 Å². The first kappa shape index (κ1) is 15.7. The lowest BCUT2D eigenvalue weighted by Gasteiger charge is -2.25. The summed E-state index contributed by atoms with van der Waals surface area (Å²) in [6, 6.07) is 6.55. The summed E-state index contributed by atoms with van der Waals surface area (Å²) in [6.07, 6.45) is 5.00. The van der Waals surface area contributed by atoms with Crippen LogP contribution < -0.4 is 10.1 Å². The zero-order chi connectivity index (χ0) is 14.6. The van der Waals surface area contributed by atoms with E-state index in [1.54, 1.807) is 0 Å². The highest BCUT2D eigenvalue weighted by atomic mass is 35.5.